The molecule has 0 atom stereocenters. The van der Waals surface area contributed by atoms with Crippen LogP contribution in [0.3, 0.4) is 0 Å². The Morgan fingerprint density at radius 2 is 2.17 bits per heavy atom. The fourth-order valence-corrected chi connectivity index (χ4v) is 2.80. The maximum atomic E-state index is 11.4. The molecule has 2 heterocycles. The van der Waals surface area contributed by atoms with Gasteiger partial charge < -0.3 is 20.0 Å². The fourth-order valence-electron chi connectivity index (χ4n) is 2.80. The zero-order chi connectivity index (χ0) is 15.8. The number of furan rings is 1. The Bertz CT molecular complexity index is 482. The molecule has 0 aliphatic carbocycles. The van der Waals surface area contributed by atoms with Crippen LogP contribution in [0, 0.1) is 5.92 Å². The first-order valence-corrected chi connectivity index (χ1v) is 7.91. The number of aliphatic imine (C=N–C) groups is 1. The van der Waals surface area contributed by atoms with E-state index in [2.05, 4.69) is 20.5 Å². The van der Waals surface area contributed by atoms with Crippen LogP contribution in [0.4, 0.5) is 0 Å². The van der Waals surface area contributed by atoms with Gasteiger partial charge in [-0.3, -0.25) is 9.79 Å². The highest BCUT2D eigenvalue weighted by atomic mass is 127. The number of carbonyl (C=O) groups is 1. The molecule has 6 nitrogen and oxygen atoms in total. The van der Waals surface area contributed by atoms with Crippen LogP contribution in [0.25, 0.3) is 0 Å². The zero-order valence-electron chi connectivity index (χ0n) is 13.9. The lowest BCUT2D eigenvalue weighted by molar-refractivity contribution is -0.121. The topological polar surface area (TPSA) is 69.9 Å². The van der Waals surface area contributed by atoms with E-state index in [-0.39, 0.29) is 29.9 Å². The first-order chi connectivity index (χ1) is 10.7. The number of amides is 1. The molecule has 0 spiro atoms. The minimum Gasteiger partial charge on any atom is -0.469 e. The van der Waals surface area contributed by atoms with Crippen molar-refractivity contribution in [3.05, 3.63) is 24.2 Å². The molecule has 0 aromatic carbocycles. The molecule has 0 unspecified atom stereocenters. The van der Waals surface area contributed by atoms with Gasteiger partial charge >= 0.3 is 0 Å². The van der Waals surface area contributed by atoms with Crippen LogP contribution in [0.1, 0.15) is 25.0 Å². The van der Waals surface area contributed by atoms with Gasteiger partial charge in [-0.15, -0.1) is 24.0 Å². The third-order valence-corrected chi connectivity index (χ3v) is 4.11. The van der Waals surface area contributed by atoms with Gasteiger partial charge in [0.2, 0.25) is 5.91 Å². The highest BCUT2D eigenvalue weighted by Crippen LogP contribution is 2.20. The van der Waals surface area contributed by atoms with Crippen molar-refractivity contribution in [1.29, 1.82) is 0 Å². The quantitative estimate of drug-likeness (QED) is 0.422. The first kappa shape index (κ1) is 19.8. The molecule has 1 aliphatic rings. The highest BCUT2D eigenvalue weighted by Gasteiger charge is 2.22. The summed E-state index contributed by atoms with van der Waals surface area (Å²) >= 11 is 0. The largest absolute Gasteiger partial charge is 0.469 e. The van der Waals surface area contributed by atoms with Crippen molar-refractivity contribution in [1.82, 2.24) is 15.5 Å². The summed E-state index contributed by atoms with van der Waals surface area (Å²) in [6.45, 7) is 2.70. The SMILES string of the molecule is CN=C(NCCc1ccco1)N1CCC(CC(=O)NC)CC1.I. The molecule has 1 fully saturated rings. The van der Waals surface area contributed by atoms with Crippen molar-refractivity contribution in [2.45, 2.75) is 25.7 Å². The average molecular weight is 434 g/mol. The summed E-state index contributed by atoms with van der Waals surface area (Å²) in [5, 5.41) is 6.08. The molecule has 7 heteroatoms. The number of piperidine rings is 1. The van der Waals surface area contributed by atoms with Crippen molar-refractivity contribution >= 4 is 35.8 Å². The van der Waals surface area contributed by atoms with Crippen LogP contribution in [0.15, 0.2) is 27.8 Å². The molecule has 2 rings (SSSR count). The van der Waals surface area contributed by atoms with Crippen LogP contribution in [0.5, 0.6) is 0 Å². The summed E-state index contributed by atoms with van der Waals surface area (Å²) in [6.07, 6.45) is 5.24. The molecule has 2 N–H and O–H groups in total. The van der Waals surface area contributed by atoms with Gasteiger partial charge in [-0.25, -0.2) is 0 Å². The highest BCUT2D eigenvalue weighted by molar-refractivity contribution is 14.0. The Balaban J connectivity index is 0.00000264. The third kappa shape index (κ3) is 6.40. The summed E-state index contributed by atoms with van der Waals surface area (Å²) in [5.41, 5.74) is 0. The molecule has 23 heavy (non-hydrogen) atoms. The molecule has 0 saturated carbocycles. The number of guanidine groups is 1. The Kier molecular flexibility index (Phi) is 9.05. The van der Waals surface area contributed by atoms with Crippen LogP contribution in [-0.2, 0) is 11.2 Å². The van der Waals surface area contributed by atoms with E-state index in [0.29, 0.717) is 12.3 Å². The van der Waals surface area contributed by atoms with E-state index in [1.54, 1.807) is 13.3 Å². The van der Waals surface area contributed by atoms with E-state index in [1.807, 2.05) is 19.2 Å². The van der Waals surface area contributed by atoms with Crippen molar-refractivity contribution in [2.24, 2.45) is 10.9 Å². The molecule has 130 valence electrons. The summed E-state index contributed by atoms with van der Waals surface area (Å²) in [6, 6.07) is 3.89. The number of carbonyl (C=O) groups excluding carboxylic acids is 1. The molecular weight excluding hydrogens is 407 g/mol. The van der Waals surface area contributed by atoms with E-state index in [0.717, 1.165) is 50.6 Å². The van der Waals surface area contributed by atoms with Gasteiger partial charge in [-0.05, 0) is 30.9 Å². The minimum atomic E-state index is 0. The standard InChI is InChI=1S/C16H26N4O2.HI/c1-17-15(21)12-13-6-9-20(10-7-13)16(18-2)19-8-5-14-4-3-11-22-14;/h3-4,11,13H,5-10,12H2,1-2H3,(H,17,21)(H,18,19);1H. The predicted molar refractivity (Wildman–Crippen MR) is 102 cm³/mol. The zero-order valence-corrected chi connectivity index (χ0v) is 16.2. The Labute approximate surface area is 155 Å². The van der Waals surface area contributed by atoms with Crippen LogP contribution < -0.4 is 10.6 Å². The van der Waals surface area contributed by atoms with Gasteiger partial charge in [0.15, 0.2) is 5.96 Å². The van der Waals surface area contributed by atoms with E-state index in [4.69, 9.17) is 4.42 Å². The van der Waals surface area contributed by atoms with Crippen LogP contribution in [0.2, 0.25) is 0 Å². The van der Waals surface area contributed by atoms with Crippen molar-refractivity contribution in [3.8, 4) is 0 Å². The lowest BCUT2D eigenvalue weighted by Crippen LogP contribution is -2.46. The Morgan fingerprint density at radius 3 is 2.74 bits per heavy atom. The molecule has 0 bridgehead atoms. The summed E-state index contributed by atoms with van der Waals surface area (Å²) in [4.78, 5) is 18.1. The van der Waals surface area contributed by atoms with E-state index in [1.165, 1.54) is 0 Å². The number of likely N-dealkylation sites (tertiary alicyclic amines) is 1. The lowest BCUT2D eigenvalue weighted by Gasteiger charge is -2.34. The minimum absolute atomic E-state index is 0. The number of halogens is 1. The normalized spacial score (nSPS) is 15.9. The van der Waals surface area contributed by atoms with E-state index in [9.17, 15) is 4.79 Å². The molecule has 1 aromatic heterocycles. The maximum Gasteiger partial charge on any atom is 0.220 e. The van der Waals surface area contributed by atoms with Gasteiger partial charge in [-0.2, -0.15) is 0 Å². The monoisotopic (exact) mass is 434 g/mol. The Morgan fingerprint density at radius 1 is 1.43 bits per heavy atom. The van der Waals surface area contributed by atoms with Crippen LogP contribution in [-0.4, -0.2) is 50.5 Å². The number of rotatable bonds is 5. The second-order valence-corrected chi connectivity index (χ2v) is 5.61. The number of nitrogens with zero attached hydrogens (tertiary/aromatic N) is 2. The molecule has 1 aliphatic heterocycles. The smallest absolute Gasteiger partial charge is 0.220 e. The molecular formula is C16H27IN4O2. The first-order valence-electron chi connectivity index (χ1n) is 7.91. The lowest BCUT2D eigenvalue weighted by atomic mass is 9.93. The second kappa shape index (κ2) is 10.5. The van der Waals surface area contributed by atoms with Crippen molar-refractivity contribution in [3.63, 3.8) is 0 Å². The van der Waals surface area contributed by atoms with Gasteiger partial charge in [0.25, 0.3) is 0 Å². The average Bonchev–Trinajstić information content (AvgIpc) is 3.06. The van der Waals surface area contributed by atoms with Crippen LogP contribution >= 0.6 is 24.0 Å². The number of hydrogen-bond acceptors (Lipinski definition) is 3. The summed E-state index contributed by atoms with van der Waals surface area (Å²) in [5.74, 6) is 2.54. The molecule has 1 saturated heterocycles. The van der Waals surface area contributed by atoms with Gasteiger partial charge in [0, 0.05) is 46.6 Å². The number of nitrogens with one attached hydrogen (secondary N) is 2. The Hall–Kier alpha value is -1.25. The van der Waals surface area contributed by atoms with Gasteiger partial charge in [0.1, 0.15) is 5.76 Å². The third-order valence-electron chi connectivity index (χ3n) is 4.11. The fraction of sp³-hybridized carbons (Fsp3) is 0.625. The number of hydrogen-bond donors (Lipinski definition) is 2. The molecule has 1 amide bonds. The maximum absolute atomic E-state index is 11.4. The van der Waals surface area contributed by atoms with Crippen molar-refractivity contribution < 1.29 is 9.21 Å². The van der Waals surface area contributed by atoms with E-state index >= 15 is 0 Å². The summed E-state index contributed by atoms with van der Waals surface area (Å²) in [7, 11) is 3.51. The second-order valence-electron chi connectivity index (χ2n) is 5.61. The van der Waals surface area contributed by atoms with Crippen molar-refractivity contribution in [2.75, 3.05) is 33.7 Å². The van der Waals surface area contributed by atoms with Gasteiger partial charge in [0.05, 0.1) is 6.26 Å². The summed E-state index contributed by atoms with van der Waals surface area (Å²) < 4.78 is 5.32. The molecule has 1 aromatic rings. The van der Waals surface area contributed by atoms with E-state index < -0.39 is 0 Å². The molecule has 0 radical (unpaired) electrons. The van der Waals surface area contributed by atoms with Gasteiger partial charge in [-0.1, -0.05) is 0 Å². The predicted octanol–water partition coefficient (Wildman–Crippen LogP) is 1.86.